The molecule has 0 saturated heterocycles. The number of fused-ring (bicyclic) bond motifs is 3. The molecule has 7 aromatic carbocycles. The van der Waals surface area contributed by atoms with E-state index >= 15 is 0 Å². The minimum Gasteiger partial charge on any atom is -0.385 e. The smallest absolute Gasteiger partial charge is 0.0468 e. The van der Waals surface area contributed by atoms with E-state index in [9.17, 15) is 0 Å². The van der Waals surface area contributed by atoms with Crippen molar-refractivity contribution in [3.05, 3.63) is 157 Å². The Hall–Kier alpha value is -5.74. The molecule has 4 nitrogen and oxygen atoms in total. The van der Waals surface area contributed by atoms with E-state index in [0.29, 0.717) is 0 Å². The molecule has 0 spiro atoms. The second-order valence-corrected chi connectivity index (χ2v) is 17.8. The van der Waals surface area contributed by atoms with Crippen molar-refractivity contribution >= 4 is 67.0 Å². The fourth-order valence-electron chi connectivity index (χ4n) is 7.72. The molecule has 0 unspecified atom stereocenters. The Morgan fingerprint density at radius 1 is 0.379 bits per heavy atom. The number of hydrogen-bond acceptors (Lipinski definition) is 4. The van der Waals surface area contributed by atoms with E-state index < -0.39 is 0 Å². The third-order valence-corrected chi connectivity index (χ3v) is 11.3. The van der Waals surface area contributed by atoms with E-state index in [1.165, 1.54) is 45.5 Å². The van der Waals surface area contributed by atoms with Gasteiger partial charge in [-0.25, -0.2) is 0 Å². The summed E-state index contributed by atoms with van der Waals surface area (Å²) in [5, 5.41) is 12.1. The first-order valence-corrected chi connectivity index (χ1v) is 21.4. The highest BCUT2D eigenvalue weighted by atomic mass is 15.1. The van der Waals surface area contributed by atoms with Crippen molar-refractivity contribution < 1.29 is 0 Å². The zero-order chi connectivity index (χ0) is 40.9. The molecule has 0 radical (unpaired) electrons. The molecule has 7 rings (SSSR count). The maximum absolute atomic E-state index is 3.58. The summed E-state index contributed by atoms with van der Waals surface area (Å²) >= 11 is 0. The Bertz CT molecular complexity index is 2240. The van der Waals surface area contributed by atoms with E-state index in [0.717, 1.165) is 71.4 Å². The summed E-state index contributed by atoms with van der Waals surface area (Å²) in [5.41, 5.74) is 12.0. The quantitative estimate of drug-likeness (QED) is 0.0852. The van der Waals surface area contributed by atoms with Crippen LogP contribution in [0.1, 0.15) is 92.2 Å². The van der Waals surface area contributed by atoms with Crippen LogP contribution in [0, 0.1) is 0 Å². The first kappa shape index (κ1) is 40.5. The molecule has 0 aliphatic heterocycles. The van der Waals surface area contributed by atoms with Crippen molar-refractivity contribution in [1.29, 1.82) is 0 Å². The largest absolute Gasteiger partial charge is 0.385 e. The number of hydrogen-bond donors (Lipinski definition) is 2. The van der Waals surface area contributed by atoms with Crippen LogP contribution in [0.3, 0.4) is 0 Å². The molecule has 4 heteroatoms. The van der Waals surface area contributed by atoms with Gasteiger partial charge in [0.25, 0.3) is 0 Å². The lowest BCUT2D eigenvalue weighted by molar-refractivity contribution is 0.590. The summed E-state index contributed by atoms with van der Waals surface area (Å²) in [6.45, 7) is 20.1. The topological polar surface area (TPSA) is 30.5 Å². The summed E-state index contributed by atoms with van der Waals surface area (Å²) < 4.78 is 0. The molecule has 0 fully saturated rings. The molecule has 0 heterocycles. The van der Waals surface area contributed by atoms with Gasteiger partial charge in [-0.2, -0.15) is 0 Å². The van der Waals surface area contributed by atoms with E-state index in [1.54, 1.807) is 0 Å². The zero-order valence-corrected chi connectivity index (χ0v) is 36.0. The Morgan fingerprint density at radius 2 is 0.690 bits per heavy atom. The Balaban J connectivity index is 1.26. The Labute approximate surface area is 347 Å². The lowest BCUT2D eigenvalue weighted by Crippen LogP contribution is -2.13. The maximum atomic E-state index is 3.58. The maximum Gasteiger partial charge on any atom is 0.0468 e. The van der Waals surface area contributed by atoms with E-state index in [2.05, 4.69) is 221 Å². The molecule has 2 N–H and O–H groups in total. The van der Waals surface area contributed by atoms with Crippen molar-refractivity contribution in [2.45, 2.75) is 91.9 Å². The molecule has 0 bridgehead atoms. The van der Waals surface area contributed by atoms with Crippen LogP contribution in [0.5, 0.6) is 0 Å². The van der Waals surface area contributed by atoms with Gasteiger partial charge in [-0.1, -0.05) is 117 Å². The number of anilines is 8. The molecule has 0 amide bonds. The van der Waals surface area contributed by atoms with Crippen LogP contribution in [-0.2, 0) is 10.8 Å². The van der Waals surface area contributed by atoms with Gasteiger partial charge in [0.2, 0.25) is 0 Å². The minimum atomic E-state index is 0.0863. The second-order valence-electron chi connectivity index (χ2n) is 17.8. The third kappa shape index (κ3) is 9.18. The number of unbranched alkanes of at least 4 members (excludes halogenated alkanes) is 2. The Kier molecular flexibility index (Phi) is 12.1. The van der Waals surface area contributed by atoms with Crippen LogP contribution in [-0.4, -0.2) is 13.1 Å². The second kappa shape index (κ2) is 17.4. The van der Waals surface area contributed by atoms with Crippen LogP contribution in [0.4, 0.5) is 45.5 Å². The van der Waals surface area contributed by atoms with Crippen LogP contribution in [0.15, 0.2) is 146 Å². The highest BCUT2D eigenvalue weighted by Crippen LogP contribution is 2.41. The van der Waals surface area contributed by atoms with Gasteiger partial charge in [0.05, 0.1) is 0 Å². The van der Waals surface area contributed by atoms with Gasteiger partial charge in [-0.3, -0.25) is 0 Å². The normalized spacial score (nSPS) is 11.9. The van der Waals surface area contributed by atoms with Gasteiger partial charge in [-0.05, 0) is 153 Å². The Morgan fingerprint density at radius 3 is 1.00 bits per heavy atom. The minimum absolute atomic E-state index is 0.0863. The average molecular weight is 767 g/mol. The predicted octanol–water partition coefficient (Wildman–Crippen LogP) is 16.0. The predicted molar refractivity (Wildman–Crippen MR) is 255 cm³/mol. The van der Waals surface area contributed by atoms with Crippen molar-refractivity contribution in [1.82, 2.24) is 0 Å². The van der Waals surface area contributed by atoms with Crippen LogP contribution in [0.25, 0.3) is 21.5 Å². The van der Waals surface area contributed by atoms with Crippen LogP contribution >= 0.6 is 0 Å². The third-order valence-electron chi connectivity index (χ3n) is 11.3. The van der Waals surface area contributed by atoms with Crippen LogP contribution in [0.2, 0.25) is 0 Å². The summed E-state index contributed by atoms with van der Waals surface area (Å²) in [6, 6.07) is 54.3. The molecular formula is C54H62N4. The van der Waals surface area contributed by atoms with Gasteiger partial charge < -0.3 is 20.4 Å². The molecule has 0 saturated carbocycles. The van der Waals surface area contributed by atoms with Crippen molar-refractivity contribution in [3.8, 4) is 0 Å². The molecule has 7 aromatic rings. The lowest BCUT2D eigenvalue weighted by Gasteiger charge is -2.28. The average Bonchev–Trinajstić information content (AvgIpc) is 3.22. The van der Waals surface area contributed by atoms with E-state index in [1.807, 2.05) is 0 Å². The number of nitrogens with zero attached hydrogens (tertiary/aromatic N) is 2. The van der Waals surface area contributed by atoms with Crippen molar-refractivity contribution in [2.75, 3.05) is 33.5 Å². The lowest BCUT2D eigenvalue weighted by atomic mass is 9.87. The SMILES string of the molecule is CCCCNc1ccc(N(c2ccc(C(C)(C)C)cc2)c2ccc3c(ccc4cc(N(c5ccc(NCCCC)cc5)c5ccc(C(C)(C)C)cc5)ccc43)c2)cc1. The molecular weight excluding hydrogens is 705 g/mol. The highest BCUT2D eigenvalue weighted by molar-refractivity contribution is 6.09. The summed E-state index contributed by atoms with van der Waals surface area (Å²) in [5.74, 6) is 0. The van der Waals surface area contributed by atoms with Crippen molar-refractivity contribution in [2.24, 2.45) is 0 Å². The summed E-state index contributed by atoms with van der Waals surface area (Å²) in [4.78, 5) is 4.75. The monoisotopic (exact) mass is 766 g/mol. The number of benzene rings is 7. The molecule has 58 heavy (non-hydrogen) atoms. The molecule has 0 aliphatic carbocycles. The fourth-order valence-corrected chi connectivity index (χ4v) is 7.72. The van der Waals surface area contributed by atoms with E-state index in [4.69, 9.17) is 0 Å². The summed E-state index contributed by atoms with van der Waals surface area (Å²) in [7, 11) is 0. The van der Waals surface area contributed by atoms with Gasteiger partial charge >= 0.3 is 0 Å². The standard InChI is InChI=1S/C54H62N4/c1-9-11-35-55-43-19-27-47(28-20-43)57(45-23-15-41(16-24-45)53(3,4)5)49-31-33-51-39(37-49)13-14-40-38-50(32-34-52(40)51)58(46-25-17-42(18-26-46)54(6,7)8)48-29-21-44(22-30-48)56-36-12-10-2/h13-34,37-38,55-56H,9-12,35-36H2,1-8H3. The first-order valence-electron chi connectivity index (χ1n) is 21.4. The molecule has 0 aliphatic rings. The van der Waals surface area contributed by atoms with Gasteiger partial charge in [0.15, 0.2) is 0 Å². The van der Waals surface area contributed by atoms with Crippen molar-refractivity contribution in [3.63, 3.8) is 0 Å². The summed E-state index contributed by atoms with van der Waals surface area (Å²) in [6.07, 6.45) is 4.68. The van der Waals surface area contributed by atoms with Gasteiger partial charge in [0, 0.05) is 58.6 Å². The number of nitrogens with one attached hydrogen (secondary N) is 2. The zero-order valence-electron chi connectivity index (χ0n) is 36.0. The highest BCUT2D eigenvalue weighted by Gasteiger charge is 2.19. The molecule has 298 valence electrons. The van der Waals surface area contributed by atoms with Crippen LogP contribution < -0.4 is 20.4 Å². The van der Waals surface area contributed by atoms with Gasteiger partial charge in [0.1, 0.15) is 0 Å². The van der Waals surface area contributed by atoms with E-state index in [-0.39, 0.29) is 10.8 Å². The molecule has 0 aromatic heterocycles. The van der Waals surface area contributed by atoms with Gasteiger partial charge in [-0.15, -0.1) is 0 Å². The molecule has 0 atom stereocenters. The fraction of sp³-hybridized carbons (Fsp3) is 0.296. The number of rotatable bonds is 14. The first-order chi connectivity index (χ1) is 27.9.